The smallest absolute Gasteiger partial charge is 0.0619 e. The zero-order valence-corrected chi connectivity index (χ0v) is 28.6. The lowest BCUT2D eigenvalue weighted by Crippen LogP contribution is -1.96. The number of aromatic nitrogens is 1. The molecule has 0 saturated carbocycles. The van der Waals surface area contributed by atoms with Crippen molar-refractivity contribution in [3.8, 4) is 39.1 Å². The zero-order chi connectivity index (χ0) is 34.6. The first kappa shape index (κ1) is 31.6. The minimum atomic E-state index is 0.945. The second-order valence-electron chi connectivity index (χ2n) is 12.7. The van der Waals surface area contributed by atoms with Gasteiger partial charge in [-0.2, -0.15) is 0 Å². The predicted octanol–water partition coefficient (Wildman–Crippen LogP) is 13.4. The molecule has 0 spiro atoms. The zero-order valence-electron chi connectivity index (χ0n) is 28.6. The highest BCUT2D eigenvalue weighted by molar-refractivity contribution is 6.16. The van der Waals surface area contributed by atoms with Crippen molar-refractivity contribution >= 4 is 33.1 Å². The highest BCUT2D eigenvalue weighted by Crippen LogP contribution is 2.42. The Balaban J connectivity index is 1.19. The molecule has 0 amide bonds. The Morgan fingerprint density at radius 1 is 0.529 bits per heavy atom. The number of hydrogen-bond donors (Lipinski definition) is 1. The third-order valence-corrected chi connectivity index (χ3v) is 9.49. The highest BCUT2D eigenvalue weighted by Gasteiger charge is 2.19. The summed E-state index contributed by atoms with van der Waals surface area (Å²) in [5, 5.41) is 5.97. The summed E-state index contributed by atoms with van der Waals surface area (Å²) in [6.07, 6.45) is 6.29. The van der Waals surface area contributed by atoms with Gasteiger partial charge in [0.2, 0.25) is 0 Å². The molecule has 8 aromatic rings. The van der Waals surface area contributed by atoms with Gasteiger partial charge in [0.05, 0.1) is 11.0 Å². The summed E-state index contributed by atoms with van der Waals surface area (Å²) in [6.45, 7) is 6.57. The van der Waals surface area contributed by atoms with Crippen molar-refractivity contribution in [2.45, 2.75) is 6.92 Å². The maximum atomic E-state index is 4.52. The van der Waals surface area contributed by atoms with Crippen LogP contribution < -0.4 is 5.32 Å². The monoisotopic (exact) mass is 654 g/mol. The first-order valence-electron chi connectivity index (χ1n) is 17.4. The molecule has 2 nitrogen and oxygen atoms in total. The summed E-state index contributed by atoms with van der Waals surface area (Å²) in [7, 11) is 0. The fourth-order valence-electron chi connectivity index (χ4n) is 6.87. The maximum absolute atomic E-state index is 4.52. The minimum Gasteiger partial charge on any atom is -0.356 e. The summed E-state index contributed by atoms with van der Waals surface area (Å²) in [5.41, 5.74) is 14.7. The van der Waals surface area contributed by atoms with E-state index in [2.05, 4.69) is 205 Å². The quantitative estimate of drug-likeness (QED) is 0.153. The van der Waals surface area contributed by atoms with Crippen molar-refractivity contribution in [3.05, 3.63) is 212 Å². The van der Waals surface area contributed by atoms with E-state index in [-0.39, 0.29) is 0 Å². The third-order valence-electron chi connectivity index (χ3n) is 9.49. The van der Waals surface area contributed by atoms with Crippen LogP contribution in [0.5, 0.6) is 0 Å². The molecule has 51 heavy (non-hydrogen) atoms. The van der Waals surface area contributed by atoms with E-state index in [1.54, 1.807) is 0 Å². The lowest BCUT2D eigenvalue weighted by atomic mass is 9.95. The first-order valence-corrected chi connectivity index (χ1v) is 17.4. The number of benzene rings is 7. The number of nitrogens with one attached hydrogen (secondary N) is 1. The Morgan fingerprint density at radius 2 is 1.10 bits per heavy atom. The molecular formula is C49H38N2. The average molecular weight is 655 g/mol. The summed E-state index contributed by atoms with van der Waals surface area (Å²) in [5.74, 6) is 0. The largest absolute Gasteiger partial charge is 0.356 e. The molecule has 0 saturated heterocycles. The van der Waals surface area contributed by atoms with E-state index >= 15 is 0 Å². The summed E-state index contributed by atoms with van der Waals surface area (Å²) < 4.78 is 2.41. The maximum Gasteiger partial charge on any atom is 0.0619 e. The van der Waals surface area contributed by atoms with Gasteiger partial charge in [0, 0.05) is 33.4 Å². The SMILES string of the molecule is C=C(/C=C\C(=C/C)Nc1ccc(-c2ccccc2)cc1)c1ccc2c(c1)c1cc(-c3ccccc3)cc(-c3ccccc3)c1n2-c1ccccc1. The van der Waals surface area contributed by atoms with E-state index < -0.39 is 0 Å². The fourth-order valence-corrected chi connectivity index (χ4v) is 6.87. The van der Waals surface area contributed by atoms with Crippen LogP contribution in [0.2, 0.25) is 0 Å². The van der Waals surface area contributed by atoms with Crippen molar-refractivity contribution in [1.29, 1.82) is 0 Å². The van der Waals surface area contributed by atoms with Gasteiger partial charge in [-0.15, -0.1) is 0 Å². The number of fused-ring (bicyclic) bond motifs is 3. The van der Waals surface area contributed by atoms with Gasteiger partial charge in [0.1, 0.15) is 0 Å². The van der Waals surface area contributed by atoms with Crippen molar-refractivity contribution < 1.29 is 0 Å². The topological polar surface area (TPSA) is 17.0 Å². The molecule has 0 unspecified atom stereocenters. The van der Waals surface area contributed by atoms with E-state index in [0.29, 0.717) is 0 Å². The molecule has 0 fully saturated rings. The number of rotatable bonds is 9. The number of allylic oxidation sites excluding steroid dienone is 4. The van der Waals surface area contributed by atoms with E-state index in [1.165, 1.54) is 49.7 Å². The molecule has 8 rings (SSSR count). The van der Waals surface area contributed by atoms with Crippen LogP contribution in [-0.2, 0) is 0 Å². The Labute approximate surface area is 300 Å². The molecular weight excluding hydrogens is 617 g/mol. The molecule has 244 valence electrons. The van der Waals surface area contributed by atoms with Crippen molar-refractivity contribution in [1.82, 2.24) is 4.57 Å². The summed E-state index contributed by atoms with van der Waals surface area (Å²) in [6, 6.07) is 62.5. The molecule has 0 radical (unpaired) electrons. The minimum absolute atomic E-state index is 0.945. The van der Waals surface area contributed by atoms with Gasteiger partial charge in [0.25, 0.3) is 0 Å². The standard InChI is InChI=1S/C49H38N2/c1-3-42(50-43-29-25-38(26-30-43)36-16-8-4-9-17-36)28-24-35(2)40-27-31-48-46(32-40)47-34-41(37-18-10-5-11-19-37)33-45(39-20-12-6-13-21-39)49(47)51(48)44-22-14-7-15-23-44/h3-34,50H,2H2,1H3/b28-24-,42-3+. The number of hydrogen-bond acceptors (Lipinski definition) is 1. The van der Waals surface area contributed by atoms with Gasteiger partial charge in [-0.1, -0.05) is 146 Å². The van der Waals surface area contributed by atoms with Crippen molar-refractivity contribution in [3.63, 3.8) is 0 Å². The van der Waals surface area contributed by atoms with Crippen LogP contribution in [0.15, 0.2) is 206 Å². The second-order valence-corrected chi connectivity index (χ2v) is 12.7. The Bertz CT molecular complexity index is 2520. The van der Waals surface area contributed by atoms with Gasteiger partial charge in [-0.05, 0) is 100 Å². The molecule has 0 aliphatic rings. The molecule has 0 bridgehead atoms. The van der Waals surface area contributed by atoms with Gasteiger partial charge < -0.3 is 9.88 Å². The number of nitrogens with zero attached hydrogens (tertiary/aromatic N) is 1. The molecule has 0 aliphatic heterocycles. The van der Waals surface area contributed by atoms with Crippen LogP contribution in [0.25, 0.3) is 66.4 Å². The Morgan fingerprint density at radius 3 is 1.73 bits per heavy atom. The second kappa shape index (κ2) is 14.1. The Kier molecular flexibility index (Phi) is 8.72. The average Bonchev–Trinajstić information content (AvgIpc) is 3.54. The van der Waals surface area contributed by atoms with Gasteiger partial charge in [0.15, 0.2) is 0 Å². The number of anilines is 1. The van der Waals surface area contributed by atoms with E-state index in [4.69, 9.17) is 0 Å². The van der Waals surface area contributed by atoms with Gasteiger partial charge >= 0.3 is 0 Å². The van der Waals surface area contributed by atoms with Crippen molar-refractivity contribution in [2.24, 2.45) is 0 Å². The lowest BCUT2D eigenvalue weighted by molar-refractivity contribution is 1.18. The first-order chi connectivity index (χ1) is 25.2. The molecule has 0 aliphatic carbocycles. The van der Waals surface area contributed by atoms with Crippen LogP contribution in [-0.4, -0.2) is 4.57 Å². The lowest BCUT2D eigenvalue weighted by Gasteiger charge is -2.13. The van der Waals surface area contributed by atoms with Crippen LogP contribution in [0.1, 0.15) is 12.5 Å². The van der Waals surface area contributed by atoms with E-state index in [0.717, 1.165) is 33.7 Å². The summed E-state index contributed by atoms with van der Waals surface area (Å²) >= 11 is 0. The highest BCUT2D eigenvalue weighted by atomic mass is 15.0. The van der Waals surface area contributed by atoms with Crippen molar-refractivity contribution in [2.75, 3.05) is 5.32 Å². The van der Waals surface area contributed by atoms with Crippen LogP contribution in [0.4, 0.5) is 5.69 Å². The van der Waals surface area contributed by atoms with E-state index in [9.17, 15) is 0 Å². The molecule has 1 heterocycles. The van der Waals surface area contributed by atoms with Crippen LogP contribution in [0, 0.1) is 0 Å². The fraction of sp³-hybridized carbons (Fsp3) is 0.0204. The normalized spacial score (nSPS) is 11.7. The molecule has 2 heteroatoms. The molecule has 1 aromatic heterocycles. The molecule has 1 N–H and O–H groups in total. The van der Waals surface area contributed by atoms with Gasteiger partial charge in [-0.3, -0.25) is 0 Å². The summed E-state index contributed by atoms with van der Waals surface area (Å²) in [4.78, 5) is 0. The third kappa shape index (κ3) is 6.44. The van der Waals surface area contributed by atoms with E-state index in [1.807, 2.05) is 13.0 Å². The van der Waals surface area contributed by atoms with Crippen LogP contribution in [0.3, 0.4) is 0 Å². The number of para-hydroxylation sites is 1. The van der Waals surface area contributed by atoms with Crippen LogP contribution >= 0.6 is 0 Å². The predicted molar refractivity (Wildman–Crippen MR) is 219 cm³/mol. The Hall–Kier alpha value is -6.64. The molecule has 7 aromatic carbocycles. The van der Waals surface area contributed by atoms with Gasteiger partial charge in [-0.25, -0.2) is 0 Å². The molecule has 0 atom stereocenters.